The largest absolute Gasteiger partial charge is 0.466 e. The number of ether oxygens (including phenoxy) is 1. The van der Waals surface area contributed by atoms with E-state index in [1.807, 2.05) is 0 Å². The van der Waals surface area contributed by atoms with Gasteiger partial charge in [-0.1, -0.05) is 226 Å². The Labute approximate surface area is 291 Å². The van der Waals surface area contributed by atoms with Gasteiger partial charge in [-0.2, -0.15) is 0 Å². The lowest BCUT2D eigenvalue weighted by atomic mass is 9.99. The molecule has 2 nitrogen and oxygen atoms in total. The summed E-state index contributed by atoms with van der Waals surface area (Å²) in [6.45, 7) is 7.59. The van der Waals surface area contributed by atoms with Gasteiger partial charge in [0.15, 0.2) is 0 Å². The summed E-state index contributed by atoms with van der Waals surface area (Å²) >= 11 is 0. The van der Waals surface area contributed by atoms with E-state index in [1.165, 1.54) is 205 Å². The second-order valence-corrected chi connectivity index (χ2v) is 14.9. The van der Waals surface area contributed by atoms with Gasteiger partial charge in [0.2, 0.25) is 0 Å². The van der Waals surface area contributed by atoms with Crippen LogP contribution in [0.2, 0.25) is 0 Å². The Balaban J connectivity index is 3.15. The molecule has 0 amide bonds. The molecule has 0 fully saturated rings. The topological polar surface area (TPSA) is 26.3 Å². The molecule has 46 heavy (non-hydrogen) atoms. The molecule has 2 heteroatoms. The molecule has 0 aromatic heterocycles. The van der Waals surface area contributed by atoms with Crippen molar-refractivity contribution >= 4 is 5.97 Å². The molecule has 274 valence electrons. The van der Waals surface area contributed by atoms with Gasteiger partial charge >= 0.3 is 5.97 Å². The van der Waals surface area contributed by atoms with Crippen molar-refractivity contribution in [3.05, 3.63) is 12.2 Å². The van der Waals surface area contributed by atoms with Gasteiger partial charge in [-0.25, -0.2) is 0 Å². The van der Waals surface area contributed by atoms with Crippen LogP contribution in [-0.4, -0.2) is 12.6 Å². The Kier molecular flexibility index (Phi) is 39.7. The summed E-state index contributed by atoms with van der Waals surface area (Å²) < 4.78 is 5.44. The average molecular weight is 647 g/mol. The van der Waals surface area contributed by atoms with Crippen molar-refractivity contribution in [1.29, 1.82) is 0 Å². The maximum atomic E-state index is 11.9. The molecule has 1 unspecified atom stereocenters. The summed E-state index contributed by atoms with van der Waals surface area (Å²) in [5, 5.41) is 0. The second-order valence-electron chi connectivity index (χ2n) is 14.9. The normalized spacial score (nSPS) is 12.3. The molecule has 0 rings (SSSR count). The smallest absolute Gasteiger partial charge is 0.305 e. The summed E-state index contributed by atoms with van der Waals surface area (Å²) in [6.07, 6.45) is 53.1. The van der Waals surface area contributed by atoms with Crippen LogP contribution in [-0.2, 0) is 9.53 Å². The maximum Gasteiger partial charge on any atom is 0.305 e. The fourth-order valence-corrected chi connectivity index (χ4v) is 6.57. The highest BCUT2D eigenvalue weighted by Gasteiger charge is 2.03. The van der Waals surface area contributed by atoms with E-state index in [1.54, 1.807) is 0 Å². The molecule has 1 atom stereocenters. The molecule has 0 aromatic carbocycles. The van der Waals surface area contributed by atoms with E-state index in [0.717, 1.165) is 25.2 Å². The highest BCUT2D eigenvalue weighted by atomic mass is 16.5. The molecule has 0 N–H and O–H groups in total. The number of hydrogen-bond donors (Lipinski definition) is 0. The van der Waals surface area contributed by atoms with Crippen LogP contribution in [0.3, 0.4) is 0 Å². The summed E-state index contributed by atoms with van der Waals surface area (Å²) in [5.41, 5.74) is 0. The summed E-state index contributed by atoms with van der Waals surface area (Å²) in [7, 11) is 0. The highest BCUT2D eigenvalue weighted by Crippen LogP contribution is 2.17. The molecule has 0 aliphatic rings. The van der Waals surface area contributed by atoms with E-state index in [9.17, 15) is 4.79 Å². The first-order valence-electron chi connectivity index (χ1n) is 21.5. The molecule has 0 radical (unpaired) electrons. The van der Waals surface area contributed by atoms with Crippen LogP contribution in [0.1, 0.15) is 252 Å². The van der Waals surface area contributed by atoms with E-state index < -0.39 is 0 Å². The van der Waals surface area contributed by atoms with Gasteiger partial charge in [0.1, 0.15) is 0 Å². The first-order chi connectivity index (χ1) is 22.7. The van der Waals surface area contributed by atoms with Gasteiger partial charge in [0.05, 0.1) is 6.61 Å². The fraction of sp³-hybridized carbons (Fsp3) is 0.932. The third-order valence-corrected chi connectivity index (χ3v) is 10.2. The van der Waals surface area contributed by atoms with Crippen molar-refractivity contribution in [3.8, 4) is 0 Å². The molecule has 0 spiro atoms. The van der Waals surface area contributed by atoms with Crippen LogP contribution < -0.4 is 0 Å². The minimum absolute atomic E-state index is 0.0171. The Morgan fingerprint density at radius 1 is 0.457 bits per heavy atom. The predicted molar refractivity (Wildman–Crippen MR) is 207 cm³/mol. The molecular formula is C44H86O2. The van der Waals surface area contributed by atoms with Crippen LogP contribution in [0, 0.1) is 5.92 Å². The highest BCUT2D eigenvalue weighted by molar-refractivity contribution is 5.69. The van der Waals surface area contributed by atoms with Gasteiger partial charge in [-0.15, -0.1) is 0 Å². The quantitative estimate of drug-likeness (QED) is 0.0377. The van der Waals surface area contributed by atoms with Crippen LogP contribution in [0.4, 0.5) is 0 Å². The summed E-state index contributed by atoms with van der Waals surface area (Å²) in [6, 6.07) is 0. The first kappa shape index (κ1) is 45.2. The van der Waals surface area contributed by atoms with Crippen molar-refractivity contribution in [3.63, 3.8) is 0 Å². The van der Waals surface area contributed by atoms with Crippen molar-refractivity contribution in [1.82, 2.24) is 0 Å². The van der Waals surface area contributed by atoms with Gasteiger partial charge in [0, 0.05) is 6.42 Å². The van der Waals surface area contributed by atoms with Crippen LogP contribution in [0.5, 0.6) is 0 Å². The Morgan fingerprint density at radius 2 is 0.804 bits per heavy atom. The molecule has 0 saturated carbocycles. The number of carbonyl (C=O) groups is 1. The molecule has 0 aliphatic carbocycles. The molecule has 0 heterocycles. The number of rotatable bonds is 39. The van der Waals surface area contributed by atoms with Crippen LogP contribution in [0.25, 0.3) is 0 Å². The molecule has 0 aliphatic heterocycles. The van der Waals surface area contributed by atoms with E-state index in [2.05, 4.69) is 32.9 Å². The lowest BCUT2D eigenvalue weighted by Crippen LogP contribution is -2.05. The minimum Gasteiger partial charge on any atom is -0.466 e. The van der Waals surface area contributed by atoms with Crippen molar-refractivity contribution < 1.29 is 9.53 Å². The Bertz CT molecular complexity index is 597. The predicted octanol–water partition coefficient (Wildman–Crippen LogP) is 15.8. The molecule has 0 saturated heterocycles. The van der Waals surface area contributed by atoms with Crippen molar-refractivity contribution in [2.45, 2.75) is 252 Å². The second kappa shape index (κ2) is 40.4. The third kappa shape index (κ3) is 39.4. The first-order valence-corrected chi connectivity index (χ1v) is 21.5. The number of allylic oxidation sites excluding steroid dienone is 2. The van der Waals surface area contributed by atoms with E-state index >= 15 is 0 Å². The van der Waals surface area contributed by atoms with Crippen LogP contribution >= 0.6 is 0 Å². The summed E-state index contributed by atoms with van der Waals surface area (Å²) in [5.74, 6) is 0.954. The summed E-state index contributed by atoms with van der Waals surface area (Å²) in [4.78, 5) is 11.9. The zero-order valence-electron chi connectivity index (χ0n) is 32.2. The maximum absolute atomic E-state index is 11.9. The standard InChI is InChI=1S/C44H86O2/c1-4-6-7-8-9-10-25-29-32-35-38-41-44(45)46-42-39-36-33-30-27-24-22-20-18-16-14-12-11-13-15-17-19-21-23-26-28-31-34-37-40-43(3)5-2/h8-9,43H,4-7,10-42H2,1-3H3. The minimum atomic E-state index is 0.0171. The van der Waals surface area contributed by atoms with E-state index in [0.29, 0.717) is 13.0 Å². The van der Waals surface area contributed by atoms with Gasteiger partial charge in [-0.05, 0) is 38.0 Å². The van der Waals surface area contributed by atoms with Crippen molar-refractivity contribution in [2.24, 2.45) is 5.92 Å². The third-order valence-electron chi connectivity index (χ3n) is 10.2. The fourth-order valence-electron chi connectivity index (χ4n) is 6.57. The number of carbonyl (C=O) groups excluding carboxylic acids is 1. The number of esters is 1. The Morgan fingerprint density at radius 3 is 1.22 bits per heavy atom. The van der Waals surface area contributed by atoms with E-state index in [4.69, 9.17) is 4.74 Å². The van der Waals surface area contributed by atoms with Crippen molar-refractivity contribution in [2.75, 3.05) is 6.61 Å². The van der Waals surface area contributed by atoms with Gasteiger partial charge < -0.3 is 4.74 Å². The monoisotopic (exact) mass is 647 g/mol. The van der Waals surface area contributed by atoms with Crippen LogP contribution in [0.15, 0.2) is 12.2 Å². The zero-order valence-corrected chi connectivity index (χ0v) is 32.2. The molecular weight excluding hydrogens is 560 g/mol. The molecule has 0 aromatic rings. The van der Waals surface area contributed by atoms with Gasteiger partial charge in [-0.3, -0.25) is 4.79 Å². The SMILES string of the molecule is CCCCC=CCCCCCCCC(=O)OCCCCCCCCCCCCCCCCCCCCCCCCCCC(C)CC. The Hall–Kier alpha value is -0.790. The molecule has 0 bridgehead atoms. The van der Waals surface area contributed by atoms with Gasteiger partial charge in [0.25, 0.3) is 0 Å². The van der Waals surface area contributed by atoms with E-state index in [-0.39, 0.29) is 5.97 Å². The lowest BCUT2D eigenvalue weighted by Gasteiger charge is -2.07. The average Bonchev–Trinajstić information content (AvgIpc) is 3.06. The number of unbranched alkanes of at least 4 members (excludes halogenated alkanes) is 30. The zero-order chi connectivity index (χ0) is 33.4. The number of hydrogen-bond acceptors (Lipinski definition) is 2. The lowest BCUT2D eigenvalue weighted by molar-refractivity contribution is -0.143.